The number of halogens is 3. The van der Waals surface area contributed by atoms with Gasteiger partial charge in [0.2, 0.25) is 0 Å². The third-order valence-corrected chi connectivity index (χ3v) is 6.20. The number of hydrogen-bond acceptors (Lipinski definition) is 7. The fourth-order valence-electron chi connectivity index (χ4n) is 3.69. The molecule has 0 N–H and O–H groups in total. The zero-order valence-electron chi connectivity index (χ0n) is 16.1. The number of alkyl halides is 3. The van der Waals surface area contributed by atoms with Gasteiger partial charge in [-0.2, -0.15) is 17.7 Å². The zero-order chi connectivity index (χ0) is 21.0. The first-order chi connectivity index (χ1) is 14.3. The molecule has 0 amide bonds. The first-order valence-corrected chi connectivity index (χ1v) is 10.1. The van der Waals surface area contributed by atoms with Gasteiger partial charge >= 0.3 is 6.18 Å². The van der Waals surface area contributed by atoms with E-state index in [4.69, 9.17) is 0 Å². The number of pyridine rings is 1. The highest BCUT2D eigenvalue weighted by atomic mass is 32.1. The van der Waals surface area contributed by atoms with Gasteiger partial charge in [0.25, 0.3) is 5.82 Å². The van der Waals surface area contributed by atoms with Gasteiger partial charge in [-0.25, -0.2) is 0 Å². The molecule has 4 aromatic heterocycles. The van der Waals surface area contributed by atoms with E-state index in [-0.39, 0.29) is 5.65 Å². The van der Waals surface area contributed by atoms with Crippen LogP contribution in [0, 0.1) is 13.8 Å². The van der Waals surface area contributed by atoms with Crippen molar-refractivity contribution in [1.29, 1.82) is 0 Å². The summed E-state index contributed by atoms with van der Waals surface area (Å²) in [5.74, 6) is -0.618. The number of fused-ring (bicyclic) bond motifs is 2. The molecular formula is C19H16F3N7S. The fourth-order valence-corrected chi connectivity index (χ4v) is 4.30. The van der Waals surface area contributed by atoms with E-state index >= 15 is 0 Å². The molecule has 0 atom stereocenters. The Hall–Kier alpha value is -3.08. The molecular weight excluding hydrogens is 415 g/mol. The molecule has 30 heavy (non-hydrogen) atoms. The fraction of sp³-hybridized carbons (Fsp3) is 0.316. The molecule has 154 valence electrons. The normalized spacial score (nSPS) is 14.4. The Bertz CT molecular complexity index is 1250. The van der Waals surface area contributed by atoms with Crippen LogP contribution in [0.3, 0.4) is 0 Å². The minimum absolute atomic E-state index is 0.120. The van der Waals surface area contributed by atoms with Crippen LogP contribution in [0.25, 0.3) is 16.1 Å². The van der Waals surface area contributed by atoms with Gasteiger partial charge in [-0.3, -0.25) is 9.97 Å². The van der Waals surface area contributed by atoms with Crippen LogP contribution in [0.2, 0.25) is 0 Å². The lowest BCUT2D eigenvalue weighted by Crippen LogP contribution is -2.33. The number of hydrogen-bond donors (Lipinski definition) is 0. The Morgan fingerprint density at radius 3 is 2.67 bits per heavy atom. The van der Waals surface area contributed by atoms with E-state index in [0.717, 1.165) is 31.8 Å². The van der Waals surface area contributed by atoms with Crippen molar-refractivity contribution in [3.8, 4) is 10.4 Å². The summed E-state index contributed by atoms with van der Waals surface area (Å²) in [5, 5.41) is 11.3. The topological polar surface area (TPSA) is 72.1 Å². The lowest BCUT2D eigenvalue weighted by atomic mass is 10.0. The highest BCUT2D eigenvalue weighted by molar-refractivity contribution is 7.13. The van der Waals surface area contributed by atoms with Gasteiger partial charge in [0.1, 0.15) is 0 Å². The minimum Gasteiger partial charge on any atom is -0.350 e. The van der Waals surface area contributed by atoms with Crippen molar-refractivity contribution in [3.63, 3.8) is 0 Å². The molecule has 5 heterocycles. The second kappa shape index (κ2) is 6.73. The third-order valence-electron chi connectivity index (χ3n) is 5.38. The van der Waals surface area contributed by atoms with Gasteiger partial charge in [-0.15, -0.1) is 26.6 Å². The molecule has 0 bridgehead atoms. The molecule has 4 aromatic rings. The van der Waals surface area contributed by atoms with E-state index in [1.165, 1.54) is 11.3 Å². The second-order valence-electron chi connectivity index (χ2n) is 7.20. The van der Waals surface area contributed by atoms with Gasteiger partial charge in [-0.05, 0) is 25.5 Å². The predicted molar refractivity (Wildman–Crippen MR) is 105 cm³/mol. The zero-order valence-corrected chi connectivity index (χ0v) is 16.9. The van der Waals surface area contributed by atoms with Crippen LogP contribution >= 0.6 is 11.3 Å². The van der Waals surface area contributed by atoms with Crippen LogP contribution in [0.5, 0.6) is 0 Å². The number of aromatic nitrogens is 6. The molecule has 1 aliphatic rings. The van der Waals surface area contributed by atoms with Crippen molar-refractivity contribution in [2.24, 2.45) is 0 Å². The largest absolute Gasteiger partial charge is 0.453 e. The average molecular weight is 431 g/mol. The van der Waals surface area contributed by atoms with E-state index in [1.54, 1.807) is 18.6 Å². The maximum atomic E-state index is 13.3. The molecule has 0 aromatic carbocycles. The highest BCUT2D eigenvalue weighted by Gasteiger charge is 2.38. The van der Waals surface area contributed by atoms with Crippen LogP contribution in [0.1, 0.15) is 28.2 Å². The first kappa shape index (κ1) is 18.9. The van der Waals surface area contributed by atoms with Gasteiger partial charge in [0, 0.05) is 54.3 Å². The lowest BCUT2D eigenvalue weighted by molar-refractivity contribution is -0.146. The number of thiazole rings is 1. The van der Waals surface area contributed by atoms with Crippen LogP contribution in [-0.2, 0) is 19.1 Å². The maximum absolute atomic E-state index is 13.3. The molecule has 5 rings (SSSR count). The molecule has 1 aliphatic heterocycles. The number of nitrogens with zero attached hydrogens (tertiary/aromatic N) is 7. The van der Waals surface area contributed by atoms with Crippen molar-refractivity contribution < 1.29 is 13.2 Å². The molecule has 11 heteroatoms. The van der Waals surface area contributed by atoms with Crippen LogP contribution in [0.15, 0.2) is 24.0 Å². The Kier molecular flexibility index (Phi) is 4.24. The summed E-state index contributed by atoms with van der Waals surface area (Å²) in [6.45, 7) is 4.71. The summed E-state index contributed by atoms with van der Waals surface area (Å²) < 4.78 is 40.8. The van der Waals surface area contributed by atoms with E-state index < -0.39 is 12.0 Å². The standard InChI is InChI=1S/C19H16F3N7S/c1-10-11(2)17(27-29-16(10)25-26-18(29)19(20,21)22)28-4-3-14-13(8-28)5-12(6-24-14)15-7-23-9-30-15/h5-7,9H,3-4,8H2,1-2H3. The van der Waals surface area contributed by atoms with Crippen molar-refractivity contribution in [2.75, 3.05) is 11.4 Å². The predicted octanol–water partition coefficient (Wildman–Crippen LogP) is 3.84. The number of anilines is 1. The van der Waals surface area contributed by atoms with Gasteiger partial charge in [0.15, 0.2) is 11.5 Å². The molecule has 7 nitrogen and oxygen atoms in total. The Morgan fingerprint density at radius 2 is 1.93 bits per heavy atom. The molecule has 0 spiro atoms. The number of aryl methyl sites for hydroxylation is 1. The quantitative estimate of drug-likeness (QED) is 0.480. The van der Waals surface area contributed by atoms with E-state index in [2.05, 4.69) is 31.3 Å². The maximum Gasteiger partial charge on any atom is 0.453 e. The summed E-state index contributed by atoms with van der Waals surface area (Å²) in [7, 11) is 0. The van der Waals surface area contributed by atoms with E-state index in [9.17, 15) is 13.2 Å². The monoisotopic (exact) mass is 431 g/mol. The summed E-state index contributed by atoms with van der Waals surface area (Å²) in [5.41, 5.74) is 6.32. The summed E-state index contributed by atoms with van der Waals surface area (Å²) in [6, 6.07) is 2.07. The molecule has 0 radical (unpaired) electrons. The summed E-state index contributed by atoms with van der Waals surface area (Å²) in [6.07, 6.45) is -0.310. The Balaban J connectivity index is 1.57. The van der Waals surface area contributed by atoms with E-state index in [0.29, 0.717) is 30.9 Å². The van der Waals surface area contributed by atoms with E-state index in [1.807, 2.05) is 18.0 Å². The van der Waals surface area contributed by atoms with Gasteiger partial charge < -0.3 is 4.90 Å². The van der Waals surface area contributed by atoms with Crippen molar-refractivity contribution in [2.45, 2.75) is 33.0 Å². The molecule has 0 fully saturated rings. The Morgan fingerprint density at radius 1 is 1.10 bits per heavy atom. The minimum atomic E-state index is -4.63. The highest BCUT2D eigenvalue weighted by Crippen LogP contribution is 2.33. The molecule has 0 unspecified atom stereocenters. The summed E-state index contributed by atoms with van der Waals surface area (Å²) in [4.78, 5) is 11.7. The molecule has 0 aliphatic carbocycles. The van der Waals surface area contributed by atoms with Crippen molar-refractivity contribution in [1.82, 2.24) is 29.8 Å². The first-order valence-electron chi connectivity index (χ1n) is 9.24. The number of rotatable bonds is 2. The van der Waals surface area contributed by atoms with Crippen LogP contribution < -0.4 is 4.90 Å². The van der Waals surface area contributed by atoms with Gasteiger partial charge in [-0.1, -0.05) is 0 Å². The van der Waals surface area contributed by atoms with Crippen molar-refractivity contribution >= 4 is 22.8 Å². The average Bonchev–Trinajstić information content (AvgIpc) is 3.39. The summed E-state index contributed by atoms with van der Waals surface area (Å²) >= 11 is 1.53. The lowest BCUT2D eigenvalue weighted by Gasteiger charge is -2.30. The van der Waals surface area contributed by atoms with Crippen LogP contribution in [0.4, 0.5) is 19.0 Å². The second-order valence-corrected chi connectivity index (χ2v) is 8.08. The smallest absolute Gasteiger partial charge is 0.350 e. The Labute approximate surface area is 173 Å². The van der Waals surface area contributed by atoms with Crippen molar-refractivity contribution in [3.05, 3.63) is 52.2 Å². The molecule has 0 saturated heterocycles. The SMILES string of the molecule is Cc1c(N2CCc3ncc(-c4cncs4)cc3C2)nn2c(C(F)(F)F)nnc2c1C. The van der Waals surface area contributed by atoms with Gasteiger partial charge in [0.05, 0.1) is 10.4 Å². The van der Waals surface area contributed by atoms with Crippen LogP contribution in [-0.4, -0.2) is 36.3 Å². The third kappa shape index (κ3) is 3.00. The molecule has 0 saturated carbocycles.